The van der Waals surface area contributed by atoms with Crippen molar-refractivity contribution in [2.24, 2.45) is 0 Å². The van der Waals surface area contributed by atoms with Crippen LogP contribution in [0, 0.1) is 0 Å². The Labute approximate surface area is 164 Å². The van der Waals surface area contributed by atoms with Gasteiger partial charge in [-0.1, -0.05) is 25.3 Å². The maximum Gasteiger partial charge on any atom is 0.387 e. The van der Waals surface area contributed by atoms with E-state index < -0.39 is 6.61 Å². The van der Waals surface area contributed by atoms with Gasteiger partial charge in [-0.15, -0.1) is 0 Å². The molecular formula is C20H28F2N2O4. The zero-order valence-electron chi connectivity index (χ0n) is 16.4. The van der Waals surface area contributed by atoms with Gasteiger partial charge in [0, 0.05) is 13.1 Å². The van der Waals surface area contributed by atoms with Gasteiger partial charge in [-0.2, -0.15) is 8.78 Å². The molecule has 0 aromatic heterocycles. The minimum Gasteiger partial charge on any atom is -0.493 e. The highest BCUT2D eigenvalue weighted by atomic mass is 19.3. The molecule has 8 heteroatoms. The van der Waals surface area contributed by atoms with Crippen LogP contribution in [-0.2, 0) is 11.3 Å². The predicted molar refractivity (Wildman–Crippen MR) is 99.8 cm³/mol. The second-order valence-corrected chi connectivity index (χ2v) is 7.58. The van der Waals surface area contributed by atoms with E-state index in [0.717, 1.165) is 25.7 Å². The number of ether oxygens (including phenoxy) is 3. The Morgan fingerprint density at radius 2 is 2.07 bits per heavy atom. The average molecular weight is 398 g/mol. The molecule has 1 saturated heterocycles. The fourth-order valence-corrected chi connectivity index (χ4v) is 4.16. The van der Waals surface area contributed by atoms with Crippen molar-refractivity contribution in [1.82, 2.24) is 10.2 Å². The number of amides is 2. The molecule has 2 fully saturated rings. The molecule has 1 aliphatic heterocycles. The number of rotatable bonds is 5. The Balaban J connectivity index is 1.61. The second kappa shape index (κ2) is 8.94. The van der Waals surface area contributed by atoms with E-state index in [1.807, 2.05) is 6.92 Å². The third-order valence-electron chi connectivity index (χ3n) is 5.35. The first kappa shape index (κ1) is 20.6. The van der Waals surface area contributed by atoms with Gasteiger partial charge in [0.15, 0.2) is 11.5 Å². The zero-order valence-corrected chi connectivity index (χ0v) is 16.4. The van der Waals surface area contributed by atoms with Gasteiger partial charge in [-0.3, -0.25) is 0 Å². The molecule has 0 radical (unpaired) electrons. The van der Waals surface area contributed by atoms with Crippen molar-refractivity contribution in [2.75, 3.05) is 20.2 Å². The van der Waals surface area contributed by atoms with Gasteiger partial charge in [0.1, 0.15) is 0 Å². The highest BCUT2D eigenvalue weighted by Crippen LogP contribution is 2.36. The highest BCUT2D eigenvalue weighted by Gasteiger charge is 2.41. The fourth-order valence-electron chi connectivity index (χ4n) is 4.16. The summed E-state index contributed by atoms with van der Waals surface area (Å²) in [5, 5.41) is 2.88. The first-order valence-corrected chi connectivity index (χ1v) is 9.73. The zero-order chi connectivity index (χ0) is 20.1. The number of methoxy groups -OCH3 is 1. The van der Waals surface area contributed by atoms with E-state index in [9.17, 15) is 13.6 Å². The Hall–Kier alpha value is -2.09. The maximum absolute atomic E-state index is 12.7. The van der Waals surface area contributed by atoms with Crippen molar-refractivity contribution in [3.63, 3.8) is 0 Å². The van der Waals surface area contributed by atoms with Crippen LogP contribution in [0.15, 0.2) is 18.2 Å². The molecule has 1 aromatic rings. The number of carbonyl (C=O) groups is 1. The van der Waals surface area contributed by atoms with Crippen molar-refractivity contribution < 1.29 is 27.8 Å². The van der Waals surface area contributed by atoms with Gasteiger partial charge >= 0.3 is 12.6 Å². The first-order chi connectivity index (χ1) is 13.4. The first-order valence-electron chi connectivity index (χ1n) is 9.73. The Morgan fingerprint density at radius 3 is 2.75 bits per heavy atom. The number of hydrogen-bond donors (Lipinski definition) is 1. The molecule has 1 N–H and O–H groups in total. The van der Waals surface area contributed by atoms with E-state index in [1.54, 1.807) is 17.0 Å². The predicted octanol–water partition coefficient (Wildman–Crippen LogP) is 3.93. The van der Waals surface area contributed by atoms with Crippen molar-refractivity contribution in [3.05, 3.63) is 23.8 Å². The van der Waals surface area contributed by atoms with E-state index in [1.165, 1.54) is 19.6 Å². The molecule has 3 rings (SSSR count). The minimum atomic E-state index is -2.94. The molecule has 156 valence electrons. The Morgan fingerprint density at radius 1 is 1.32 bits per heavy atom. The normalized spacial score (nSPS) is 21.6. The summed E-state index contributed by atoms with van der Waals surface area (Å²) < 4.78 is 40.9. The minimum absolute atomic E-state index is 0.00960. The van der Waals surface area contributed by atoms with Crippen LogP contribution in [0.4, 0.5) is 13.6 Å². The van der Waals surface area contributed by atoms with Crippen LogP contribution < -0.4 is 14.8 Å². The number of nitrogens with zero attached hydrogens (tertiary/aromatic N) is 1. The van der Waals surface area contributed by atoms with Crippen LogP contribution >= 0.6 is 0 Å². The molecular weight excluding hydrogens is 370 g/mol. The van der Waals surface area contributed by atoms with Crippen molar-refractivity contribution in [1.29, 1.82) is 0 Å². The van der Waals surface area contributed by atoms with Gasteiger partial charge in [0.05, 0.1) is 25.4 Å². The second-order valence-electron chi connectivity index (χ2n) is 7.58. The van der Waals surface area contributed by atoms with Crippen LogP contribution in [0.25, 0.3) is 0 Å². The van der Waals surface area contributed by atoms with Crippen LogP contribution in [0.2, 0.25) is 0 Å². The van der Waals surface area contributed by atoms with E-state index >= 15 is 0 Å². The van der Waals surface area contributed by atoms with E-state index in [2.05, 4.69) is 10.1 Å². The molecule has 1 saturated carbocycles. The standard InChI is InChI=1S/C20H28F2N2O4/c1-14-12-24(13-20(28-14)8-4-3-5-9-20)19(25)23-11-15-6-7-16(26-2)17(10-15)27-18(21)22/h6-7,10,14,18H,3-5,8-9,11-13H2,1-2H3,(H,23,25)/t14-/m0/s1. The van der Waals surface area contributed by atoms with Crippen molar-refractivity contribution in [2.45, 2.75) is 63.9 Å². The number of hydrogen-bond acceptors (Lipinski definition) is 4. The lowest BCUT2D eigenvalue weighted by Crippen LogP contribution is -2.59. The molecule has 0 bridgehead atoms. The molecule has 6 nitrogen and oxygen atoms in total. The third kappa shape index (κ3) is 5.04. The summed E-state index contributed by atoms with van der Waals surface area (Å²) in [5.74, 6) is 0.169. The molecule has 1 aliphatic carbocycles. The van der Waals surface area contributed by atoms with Crippen molar-refractivity contribution >= 4 is 6.03 Å². The number of urea groups is 1. The van der Waals surface area contributed by atoms with Crippen LogP contribution in [0.3, 0.4) is 0 Å². The van der Waals surface area contributed by atoms with Gasteiger partial charge < -0.3 is 24.4 Å². The number of benzene rings is 1. The fraction of sp³-hybridized carbons (Fsp3) is 0.650. The van der Waals surface area contributed by atoms with Crippen LogP contribution in [-0.4, -0.2) is 49.4 Å². The van der Waals surface area contributed by atoms with Crippen LogP contribution in [0.5, 0.6) is 11.5 Å². The van der Waals surface area contributed by atoms with Crippen LogP contribution in [0.1, 0.15) is 44.6 Å². The number of alkyl halides is 2. The SMILES string of the molecule is COc1ccc(CNC(=O)N2C[C@H](C)OC3(CCCCC3)C2)cc1OC(F)F. The summed E-state index contributed by atoms with van der Waals surface area (Å²) in [6.07, 6.45) is 5.42. The van der Waals surface area contributed by atoms with E-state index in [4.69, 9.17) is 9.47 Å². The molecule has 0 unspecified atom stereocenters. The molecule has 2 aliphatic rings. The quantitative estimate of drug-likeness (QED) is 0.817. The summed E-state index contributed by atoms with van der Waals surface area (Å²) in [7, 11) is 1.38. The third-order valence-corrected chi connectivity index (χ3v) is 5.35. The smallest absolute Gasteiger partial charge is 0.387 e. The Bertz CT molecular complexity index is 680. The topological polar surface area (TPSA) is 60.0 Å². The highest BCUT2D eigenvalue weighted by molar-refractivity contribution is 5.74. The number of carbonyl (C=O) groups excluding carboxylic acids is 1. The summed E-state index contributed by atoms with van der Waals surface area (Å²) in [6, 6.07) is 4.54. The lowest BCUT2D eigenvalue weighted by atomic mass is 9.83. The van der Waals surface area contributed by atoms with E-state index in [0.29, 0.717) is 18.7 Å². The lowest BCUT2D eigenvalue weighted by molar-refractivity contribution is -0.153. The monoisotopic (exact) mass is 398 g/mol. The summed E-state index contributed by atoms with van der Waals surface area (Å²) in [5.41, 5.74) is 0.421. The number of nitrogens with one attached hydrogen (secondary N) is 1. The lowest BCUT2D eigenvalue weighted by Gasteiger charge is -2.47. The van der Waals surface area contributed by atoms with Gasteiger partial charge in [-0.05, 0) is 37.5 Å². The molecule has 1 spiro atoms. The molecule has 1 heterocycles. The summed E-state index contributed by atoms with van der Waals surface area (Å²) in [4.78, 5) is 14.5. The molecule has 2 amide bonds. The van der Waals surface area contributed by atoms with Gasteiger partial charge in [0.25, 0.3) is 0 Å². The molecule has 1 aromatic carbocycles. The summed E-state index contributed by atoms with van der Waals surface area (Å²) in [6.45, 7) is 0.385. The van der Waals surface area contributed by atoms with Gasteiger partial charge in [-0.25, -0.2) is 4.79 Å². The van der Waals surface area contributed by atoms with E-state index in [-0.39, 0.29) is 35.8 Å². The largest absolute Gasteiger partial charge is 0.493 e. The van der Waals surface area contributed by atoms with Crippen molar-refractivity contribution in [3.8, 4) is 11.5 Å². The summed E-state index contributed by atoms with van der Waals surface area (Å²) >= 11 is 0. The maximum atomic E-state index is 12.7. The molecule has 28 heavy (non-hydrogen) atoms. The number of halogens is 2. The molecule has 1 atom stereocenters. The Kier molecular flexibility index (Phi) is 6.59. The number of morpholine rings is 1. The van der Waals surface area contributed by atoms with Gasteiger partial charge in [0.2, 0.25) is 0 Å². The average Bonchev–Trinajstić information content (AvgIpc) is 2.65.